The molecule has 0 saturated carbocycles. The number of methoxy groups -OCH3 is 1. The molecule has 0 fully saturated rings. The Morgan fingerprint density at radius 3 is 2.69 bits per heavy atom. The van der Waals surface area contributed by atoms with Crippen LogP contribution in [0.15, 0.2) is 24.3 Å². The van der Waals surface area contributed by atoms with Crippen LogP contribution in [-0.2, 0) is 30.2 Å². The standard InChI is InChI=1S/C19H29NO6/c1-15(2)26-17-7-4-6-16(12-17)13-19(22)25-14-18(21)20-8-5-9-24-11-10-23-3/h4,6-7,12,15H,5,8-11,13-14H2,1-3H3,(H,20,21). The number of carbonyl (C=O) groups excluding carboxylic acids is 2. The highest BCUT2D eigenvalue weighted by Gasteiger charge is 2.09. The van der Waals surface area contributed by atoms with Gasteiger partial charge in [0.1, 0.15) is 5.75 Å². The SMILES string of the molecule is COCCOCCCNC(=O)COC(=O)Cc1cccc(OC(C)C)c1. The van der Waals surface area contributed by atoms with Crippen LogP contribution in [-0.4, -0.2) is 58.1 Å². The Bertz CT molecular complexity index is 547. The van der Waals surface area contributed by atoms with Crippen molar-refractivity contribution >= 4 is 11.9 Å². The molecule has 0 spiro atoms. The molecule has 7 nitrogen and oxygen atoms in total. The molecule has 0 aliphatic heterocycles. The second kappa shape index (κ2) is 13.1. The molecule has 0 bridgehead atoms. The lowest BCUT2D eigenvalue weighted by Crippen LogP contribution is -2.30. The van der Waals surface area contributed by atoms with E-state index in [4.69, 9.17) is 18.9 Å². The number of ether oxygens (including phenoxy) is 4. The molecule has 1 aromatic carbocycles. The lowest BCUT2D eigenvalue weighted by atomic mass is 10.1. The first-order chi connectivity index (χ1) is 12.5. The maximum absolute atomic E-state index is 11.9. The van der Waals surface area contributed by atoms with Gasteiger partial charge in [0.15, 0.2) is 6.61 Å². The average molecular weight is 367 g/mol. The third-order valence-electron chi connectivity index (χ3n) is 3.20. The molecule has 146 valence electrons. The van der Waals surface area contributed by atoms with E-state index < -0.39 is 5.97 Å². The maximum atomic E-state index is 11.9. The molecule has 1 aromatic rings. The number of hydrogen-bond donors (Lipinski definition) is 1. The molecular weight excluding hydrogens is 338 g/mol. The first-order valence-electron chi connectivity index (χ1n) is 8.76. The second-order valence-electron chi connectivity index (χ2n) is 5.96. The largest absolute Gasteiger partial charge is 0.491 e. The Labute approximate surface area is 155 Å². The predicted molar refractivity (Wildman–Crippen MR) is 97.2 cm³/mol. The molecule has 1 amide bonds. The van der Waals surface area contributed by atoms with Gasteiger partial charge in [0.2, 0.25) is 0 Å². The van der Waals surface area contributed by atoms with E-state index in [0.717, 1.165) is 5.56 Å². The van der Waals surface area contributed by atoms with Crippen molar-refractivity contribution in [2.45, 2.75) is 32.8 Å². The van der Waals surface area contributed by atoms with Gasteiger partial charge in [-0.15, -0.1) is 0 Å². The summed E-state index contributed by atoms with van der Waals surface area (Å²) in [4.78, 5) is 23.5. The third kappa shape index (κ3) is 10.7. The zero-order valence-corrected chi connectivity index (χ0v) is 15.8. The highest BCUT2D eigenvalue weighted by Crippen LogP contribution is 2.15. The molecule has 7 heteroatoms. The van der Waals surface area contributed by atoms with Gasteiger partial charge in [0.05, 0.1) is 25.7 Å². The molecule has 1 N–H and O–H groups in total. The summed E-state index contributed by atoms with van der Waals surface area (Å²) in [5, 5.41) is 2.68. The van der Waals surface area contributed by atoms with Crippen LogP contribution >= 0.6 is 0 Å². The van der Waals surface area contributed by atoms with Gasteiger partial charge >= 0.3 is 5.97 Å². The summed E-state index contributed by atoms with van der Waals surface area (Å²) in [7, 11) is 1.61. The number of carbonyl (C=O) groups is 2. The number of benzene rings is 1. The molecule has 0 unspecified atom stereocenters. The minimum Gasteiger partial charge on any atom is -0.491 e. The fourth-order valence-electron chi connectivity index (χ4n) is 2.06. The van der Waals surface area contributed by atoms with E-state index in [1.54, 1.807) is 13.2 Å². The first-order valence-corrected chi connectivity index (χ1v) is 8.76. The highest BCUT2D eigenvalue weighted by molar-refractivity contribution is 5.81. The summed E-state index contributed by atoms with van der Waals surface area (Å²) >= 11 is 0. The minimum absolute atomic E-state index is 0.0614. The number of nitrogens with one attached hydrogen (secondary N) is 1. The average Bonchev–Trinajstić information content (AvgIpc) is 2.59. The molecule has 0 saturated heterocycles. The van der Waals surface area contributed by atoms with E-state index in [0.29, 0.717) is 38.5 Å². The second-order valence-corrected chi connectivity index (χ2v) is 5.96. The summed E-state index contributed by atoms with van der Waals surface area (Å²) in [6.45, 7) is 5.68. The van der Waals surface area contributed by atoms with Crippen molar-refractivity contribution in [2.24, 2.45) is 0 Å². The van der Waals surface area contributed by atoms with Gasteiger partial charge in [-0.05, 0) is 38.0 Å². The van der Waals surface area contributed by atoms with Gasteiger partial charge in [-0.25, -0.2) is 0 Å². The molecule has 0 radical (unpaired) electrons. The summed E-state index contributed by atoms with van der Waals surface area (Å²) in [6, 6.07) is 7.27. The van der Waals surface area contributed by atoms with Crippen molar-refractivity contribution in [3.8, 4) is 5.75 Å². The van der Waals surface area contributed by atoms with Crippen LogP contribution in [0.5, 0.6) is 5.75 Å². The Morgan fingerprint density at radius 1 is 1.15 bits per heavy atom. The van der Waals surface area contributed by atoms with Gasteiger partial charge < -0.3 is 24.3 Å². The fourth-order valence-corrected chi connectivity index (χ4v) is 2.06. The van der Waals surface area contributed by atoms with Crippen LogP contribution in [0.2, 0.25) is 0 Å². The molecule has 1 rings (SSSR count). The Morgan fingerprint density at radius 2 is 1.96 bits per heavy atom. The van der Waals surface area contributed by atoms with Gasteiger partial charge in [-0.1, -0.05) is 12.1 Å². The molecular formula is C19H29NO6. The van der Waals surface area contributed by atoms with E-state index in [-0.39, 0.29) is 25.0 Å². The van der Waals surface area contributed by atoms with Crippen molar-refractivity contribution in [3.05, 3.63) is 29.8 Å². The van der Waals surface area contributed by atoms with Crippen molar-refractivity contribution in [2.75, 3.05) is 40.1 Å². The summed E-state index contributed by atoms with van der Waals surface area (Å²) < 4.78 is 20.7. The molecule has 26 heavy (non-hydrogen) atoms. The maximum Gasteiger partial charge on any atom is 0.310 e. The highest BCUT2D eigenvalue weighted by atomic mass is 16.5. The summed E-state index contributed by atoms with van der Waals surface area (Å²) in [5.74, 6) is -0.0763. The topological polar surface area (TPSA) is 83.1 Å². The Balaban J connectivity index is 2.18. The van der Waals surface area contributed by atoms with Crippen molar-refractivity contribution in [1.82, 2.24) is 5.32 Å². The van der Waals surface area contributed by atoms with Crippen molar-refractivity contribution < 1.29 is 28.5 Å². The van der Waals surface area contributed by atoms with Crippen LogP contribution in [0.1, 0.15) is 25.8 Å². The van der Waals surface area contributed by atoms with E-state index >= 15 is 0 Å². The zero-order valence-electron chi connectivity index (χ0n) is 15.8. The summed E-state index contributed by atoms with van der Waals surface area (Å²) in [5.41, 5.74) is 0.779. The molecule has 0 aliphatic rings. The van der Waals surface area contributed by atoms with Crippen LogP contribution in [0.25, 0.3) is 0 Å². The number of hydrogen-bond acceptors (Lipinski definition) is 6. The van der Waals surface area contributed by atoms with E-state index in [1.165, 1.54) is 0 Å². The molecule has 0 aromatic heterocycles. The van der Waals surface area contributed by atoms with Crippen LogP contribution < -0.4 is 10.1 Å². The summed E-state index contributed by atoms with van der Waals surface area (Å²) in [6.07, 6.45) is 0.841. The number of amides is 1. The van der Waals surface area contributed by atoms with Crippen molar-refractivity contribution in [3.63, 3.8) is 0 Å². The molecule has 0 heterocycles. The number of rotatable bonds is 13. The molecule has 0 aliphatic carbocycles. The zero-order chi connectivity index (χ0) is 19.2. The van der Waals surface area contributed by atoms with Crippen LogP contribution in [0.4, 0.5) is 0 Å². The fraction of sp³-hybridized carbons (Fsp3) is 0.579. The third-order valence-corrected chi connectivity index (χ3v) is 3.20. The molecule has 0 atom stereocenters. The van der Waals surface area contributed by atoms with Gasteiger partial charge in [-0.3, -0.25) is 9.59 Å². The quantitative estimate of drug-likeness (QED) is 0.422. The Hall–Kier alpha value is -2.12. The smallest absolute Gasteiger partial charge is 0.310 e. The lowest BCUT2D eigenvalue weighted by Gasteiger charge is -2.11. The monoisotopic (exact) mass is 367 g/mol. The number of esters is 1. The van der Waals surface area contributed by atoms with Gasteiger partial charge in [0, 0.05) is 20.3 Å². The van der Waals surface area contributed by atoms with Crippen LogP contribution in [0.3, 0.4) is 0 Å². The lowest BCUT2D eigenvalue weighted by molar-refractivity contribution is -0.147. The predicted octanol–water partition coefficient (Wildman–Crippen LogP) is 1.73. The normalized spacial score (nSPS) is 10.6. The van der Waals surface area contributed by atoms with Gasteiger partial charge in [0.25, 0.3) is 5.91 Å². The van der Waals surface area contributed by atoms with E-state index in [9.17, 15) is 9.59 Å². The van der Waals surface area contributed by atoms with Gasteiger partial charge in [-0.2, -0.15) is 0 Å². The van der Waals surface area contributed by atoms with Crippen LogP contribution in [0, 0.1) is 0 Å². The minimum atomic E-state index is -0.454. The Kier molecular flexibility index (Phi) is 11.1. The first kappa shape index (κ1) is 21.9. The van der Waals surface area contributed by atoms with E-state index in [2.05, 4.69) is 5.32 Å². The van der Waals surface area contributed by atoms with Crippen molar-refractivity contribution in [1.29, 1.82) is 0 Å². The van der Waals surface area contributed by atoms with E-state index in [1.807, 2.05) is 32.0 Å².